The average molecular weight is 439 g/mol. The average Bonchev–Trinajstić information content (AvgIpc) is 2.78. The molecule has 0 unspecified atom stereocenters. The summed E-state index contributed by atoms with van der Waals surface area (Å²) in [6.07, 6.45) is 0. The maximum atomic E-state index is 12.5. The fourth-order valence-corrected chi connectivity index (χ4v) is 3.73. The van der Waals surface area contributed by atoms with Crippen molar-refractivity contribution < 1.29 is 22.7 Å². The first-order chi connectivity index (χ1) is 14.8. The molecule has 7 nitrogen and oxygen atoms in total. The van der Waals surface area contributed by atoms with Crippen LogP contribution in [0, 0.1) is 6.92 Å². The number of hydrogen-bond acceptors (Lipinski definition) is 5. The quantitative estimate of drug-likeness (QED) is 0.526. The van der Waals surface area contributed by atoms with E-state index in [1.807, 2.05) is 37.3 Å². The van der Waals surface area contributed by atoms with E-state index in [4.69, 9.17) is 4.74 Å². The van der Waals surface area contributed by atoms with Gasteiger partial charge in [-0.25, -0.2) is 13.2 Å². The van der Waals surface area contributed by atoms with Crippen molar-refractivity contribution in [2.24, 2.45) is 0 Å². The van der Waals surface area contributed by atoms with Gasteiger partial charge < -0.3 is 10.1 Å². The van der Waals surface area contributed by atoms with E-state index in [9.17, 15) is 18.0 Å². The van der Waals surface area contributed by atoms with Gasteiger partial charge in [-0.05, 0) is 48.9 Å². The van der Waals surface area contributed by atoms with E-state index < -0.39 is 28.5 Å². The topological polar surface area (TPSA) is 102 Å². The molecule has 0 aliphatic rings. The molecule has 8 heteroatoms. The van der Waals surface area contributed by atoms with Crippen LogP contribution in [-0.2, 0) is 26.1 Å². The second-order valence-electron chi connectivity index (χ2n) is 6.83. The number of sulfonamides is 1. The number of aryl methyl sites for hydroxylation is 1. The summed E-state index contributed by atoms with van der Waals surface area (Å²) >= 11 is 0. The molecule has 0 aliphatic carbocycles. The standard InChI is InChI=1S/C23H22N2O5S/c1-17-7-11-20(12-8-17)25-31(28,29)21-13-9-19(10-14-21)23(27)30-16-22(26)24-15-18-5-3-2-4-6-18/h2-14,25H,15-16H2,1H3,(H,24,26). The molecule has 0 aromatic heterocycles. The molecule has 160 valence electrons. The van der Waals surface area contributed by atoms with Crippen molar-refractivity contribution in [3.05, 3.63) is 95.6 Å². The number of esters is 1. The molecule has 2 N–H and O–H groups in total. The van der Waals surface area contributed by atoms with Crippen LogP contribution in [0.15, 0.2) is 83.8 Å². The van der Waals surface area contributed by atoms with E-state index in [2.05, 4.69) is 10.0 Å². The summed E-state index contributed by atoms with van der Waals surface area (Å²) in [7, 11) is -3.79. The maximum absolute atomic E-state index is 12.5. The van der Waals surface area contributed by atoms with Crippen molar-refractivity contribution in [3.8, 4) is 0 Å². The molecule has 0 radical (unpaired) electrons. The molecular weight excluding hydrogens is 416 g/mol. The van der Waals surface area contributed by atoms with Crippen LogP contribution in [0.1, 0.15) is 21.5 Å². The molecule has 1 amide bonds. The van der Waals surface area contributed by atoms with E-state index in [-0.39, 0.29) is 10.5 Å². The number of benzene rings is 3. The molecular formula is C23H22N2O5S. The van der Waals surface area contributed by atoms with Crippen LogP contribution in [0.3, 0.4) is 0 Å². The summed E-state index contributed by atoms with van der Waals surface area (Å²) in [6, 6.07) is 21.6. The Morgan fingerprint density at radius 1 is 0.871 bits per heavy atom. The van der Waals surface area contributed by atoms with E-state index in [1.165, 1.54) is 24.3 Å². The third-order valence-electron chi connectivity index (χ3n) is 4.37. The van der Waals surface area contributed by atoms with Gasteiger partial charge in [-0.1, -0.05) is 48.0 Å². The van der Waals surface area contributed by atoms with E-state index in [0.717, 1.165) is 11.1 Å². The van der Waals surface area contributed by atoms with Gasteiger partial charge in [-0.15, -0.1) is 0 Å². The number of amides is 1. The Kier molecular flexibility index (Phi) is 7.04. The molecule has 3 aromatic rings. The zero-order valence-electron chi connectivity index (χ0n) is 16.9. The lowest BCUT2D eigenvalue weighted by atomic mass is 10.2. The number of hydrogen-bond donors (Lipinski definition) is 2. The molecule has 0 aliphatic heterocycles. The number of ether oxygens (including phenoxy) is 1. The Bertz CT molecular complexity index is 1140. The fraction of sp³-hybridized carbons (Fsp3) is 0.130. The Morgan fingerprint density at radius 3 is 2.16 bits per heavy atom. The monoisotopic (exact) mass is 438 g/mol. The van der Waals surface area contributed by atoms with Crippen LogP contribution in [0.2, 0.25) is 0 Å². The van der Waals surface area contributed by atoms with Crippen molar-refractivity contribution in [2.75, 3.05) is 11.3 Å². The smallest absolute Gasteiger partial charge is 0.338 e. The first kappa shape index (κ1) is 22.0. The molecule has 31 heavy (non-hydrogen) atoms. The number of nitrogens with one attached hydrogen (secondary N) is 2. The highest BCUT2D eigenvalue weighted by atomic mass is 32.2. The van der Waals surface area contributed by atoms with Gasteiger partial charge in [-0.2, -0.15) is 0 Å². The second-order valence-corrected chi connectivity index (χ2v) is 8.52. The van der Waals surface area contributed by atoms with Crippen molar-refractivity contribution in [3.63, 3.8) is 0 Å². The van der Waals surface area contributed by atoms with Gasteiger partial charge in [0.15, 0.2) is 6.61 Å². The predicted octanol–water partition coefficient (Wildman–Crippen LogP) is 3.27. The Morgan fingerprint density at radius 2 is 1.52 bits per heavy atom. The Balaban J connectivity index is 1.53. The summed E-state index contributed by atoms with van der Waals surface area (Å²) in [5.41, 5.74) is 2.53. The predicted molar refractivity (Wildman–Crippen MR) is 117 cm³/mol. The highest BCUT2D eigenvalue weighted by Gasteiger charge is 2.16. The van der Waals surface area contributed by atoms with E-state index >= 15 is 0 Å². The first-order valence-electron chi connectivity index (χ1n) is 9.51. The first-order valence-corrected chi connectivity index (χ1v) is 11.0. The Hall–Kier alpha value is -3.65. The van der Waals surface area contributed by atoms with Gasteiger partial charge >= 0.3 is 5.97 Å². The normalized spacial score (nSPS) is 10.9. The van der Waals surface area contributed by atoms with Crippen LogP contribution >= 0.6 is 0 Å². The minimum Gasteiger partial charge on any atom is -0.452 e. The van der Waals surface area contributed by atoms with E-state index in [1.54, 1.807) is 24.3 Å². The number of rotatable bonds is 8. The van der Waals surface area contributed by atoms with Crippen LogP contribution in [0.5, 0.6) is 0 Å². The van der Waals surface area contributed by atoms with Crippen LogP contribution in [-0.4, -0.2) is 26.9 Å². The van der Waals surface area contributed by atoms with Gasteiger partial charge in [0.25, 0.3) is 15.9 Å². The van der Waals surface area contributed by atoms with Crippen LogP contribution < -0.4 is 10.0 Å². The van der Waals surface area contributed by atoms with Crippen LogP contribution in [0.4, 0.5) is 5.69 Å². The third-order valence-corrected chi connectivity index (χ3v) is 5.77. The molecule has 0 saturated heterocycles. The Labute approximate surface area is 181 Å². The molecule has 0 saturated carbocycles. The molecule has 3 aromatic carbocycles. The van der Waals surface area contributed by atoms with Gasteiger partial charge in [0.2, 0.25) is 0 Å². The molecule has 0 fully saturated rings. The van der Waals surface area contributed by atoms with Crippen molar-refractivity contribution in [1.29, 1.82) is 0 Å². The largest absolute Gasteiger partial charge is 0.452 e. The van der Waals surface area contributed by atoms with Crippen LogP contribution in [0.25, 0.3) is 0 Å². The molecule has 0 spiro atoms. The minimum absolute atomic E-state index is 0.00484. The molecule has 0 heterocycles. The zero-order chi connectivity index (χ0) is 22.3. The van der Waals surface area contributed by atoms with Gasteiger partial charge in [0, 0.05) is 12.2 Å². The lowest BCUT2D eigenvalue weighted by Gasteiger charge is -2.09. The summed E-state index contributed by atoms with van der Waals surface area (Å²) in [5.74, 6) is -1.15. The minimum atomic E-state index is -3.79. The highest BCUT2D eigenvalue weighted by molar-refractivity contribution is 7.92. The van der Waals surface area contributed by atoms with Gasteiger partial charge in [0.05, 0.1) is 10.5 Å². The van der Waals surface area contributed by atoms with Crippen molar-refractivity contribution >= 4 is 27.6 Å². The number of carbonyl (C=O) groups excluding carboxylic acids is 2. The lowest BCUT2D eigenvalue weighted by Crippen LogP contribution is -2.28. The number of anilines is 1. The van der Waals surface area contributed by atoms with E-state index in [0.29, 0.717) is 12.2 Å². The molecule has 0 atom stereocenters. The zero-order valence-corrected chi connectivity index (χ0v) is 17.7. The summed E-state index contributed by atoms with van der Waals surface area (Å²) in [4.78, 5) is 24.0. The van der Waals surface area contributed by atoms with Gasteiger partial charge in [0.1, 0.15) is 0 Å². The summed E-state index contributed by atoms with van der Waals surface area (Å²) in [6.45, 7) is 1.81. The third kappa shape index (κ3) is 6.42. The maximum Gasteiger partial charge on any atom is 0.338 e. The second kappa shape index (κ2) is 9.90. The lowest BCUT2D eigenvalue weighted by molar-refractivity contribution is -0.124. The van der Waals surface area contributed by atoms with Crippen molar-refractivity contribution in [2.45, 2.75) is 18.4 Å². The molecule has 0 bridgehead atoms. The number of carbonyl (C=O) groups is 2. The summed E-state index contributed by atoms with van der Waals surface area (Å²) in [5, 5.41) is 2.66. The highest BCUT2D eigenvalue weighted by Crippen LogP contribution is 2.17. The summed E-state index contributed by atoms with van der Waals surface area (Å²) < 4.78 is 32.5. The van der Waals surface area contributed by atoms with Gasteiger partial charge in [-0.3, -0.25) is 9.52 Å². The molecule has 3 rings (SSSR count). The van der Waals surface area contributed by atoms with Crippen molar-refractivity contribution in [1.82, 2.24) is 5.32 Å². The fourth-order valence-electron chi connectivity index (χ4n) is 2.67. The SMILES string of the molecule is Cc1ccc(NS(=O)(=O)c2ccc(C(=O)OCC(=O)NCc3ccccc3)cc2)cc1.